The fraction of sp³-hybridized carbons (Fsp3) is 0.0833. The van der Waals surface area contributed by atoms with Crippen LogP contribution in [0.25, 0.3) is 10.8 Å². The minimum absolute atomic E-state index is 0.291. The second-order valence-corrected chi connectivity index (χ2v) is 3.10. The summed E-state index contributed by atoms with van der Waals surface area (Å²) in [5.74, 6) is 0.302. The molecule has 0 aliphatic carbocycles. The van der Waals surface area contributed by atoms with Crippen LogP contribution in [0.4, 0.5) is 0 Å². The molecular weight excluding hydrogens is 176 g/mol. The predicted molar refractivity (Wildman–Crippen MR) is 55.3 cm³/mol. The molecular formula is C12H10O2. The smallest absolute Gasteiger partial charge is 0.308 e. The molecule has 0 unspecified atom stereocenters. The van der Waals surface area contributed by atoms with Crippen LogP contribution in [0, 0.1) is 0 Å². The summed E-state index contributed by atoms with van der Waals surface area (Å²) in [4.78, 5) is 10.7. The van der Waals surface area contributed by atoms with Gasteiger partial charge in [0, 0.05) is 6.92 Å². The van der Waals surface area contributed by atoms with E-state index in [1.165, 1.54) is 6.92 Å². The fourth-order valence-electron chi connectivity index (χ4n) is 1.40. The average Bonchev–Trinajstić information content (AvgIpc) is 2.17. The van der Waals surface area contributed by atoms with Gasteiger partial charge in [-0.05, 0) is 22.9 Å². The van der Waals surface area contributed by atoms with Gasteiger partial charge in [0.25, 0.3) is 0 Å². The van der Waals surface area contributed by atoms with Crippen molar-refractivity contribution in [2.75, 3.05) is 0 Å². The summed E-state index contributed by atoms with van der Waals surface area (Å²) < 4.78 is 4.98. The molecule has 0 bridgehead atoms. The first-order chi connectivity index (χ1) is 6.75. The molecule has 0 aliphatic rings. The Hall–Kier alpha value is -1.83. The first-order valence-electron chi connectivity index (χ1n) is 4.43. The summed E-state index contributed by atoms with van der Waals surface area (Å²) >= 11 is 0. The molecule has 0 saturated heterocycles. The maximum Gasteiger partial charge on any atom is 0.308 e. The Morgan fingerprint density at radius 1 is 1.07 bits per heavy atom. The zero-order valence-corrected chi connectivity index (χ0v) is 7.86. The second kappa shape index (κ2) is 3.50. The molecule has 0 atom stereocenters. The van der Waals surface area contributed by atoms with Gasteiger partial charge >= 0.3 is 5.97 Å². The molecule has 0 amide bonds. The zero-order valence-electron chi connectivity index (χ0n) is 7.86. The van der Waals surface area contributed by atoms with Gasteiger partial charge in [0.05, 0.1) is 0 Å². The summed E-state index contributed by atoms with van der Waals surface area (Å²) in [6.45, 7) is 1.40. The highest BCUT2D eigenvalue weighted by molar-refractivity contribution is 5.84. The average molecular weight is 186 g/mol. The van der Waals surface area contributed by atoms with E-state index in [9.17, 15) is 4.79 Å². The highest BCUT2D eigenvalue weighted by Gasteiger charge is 1.98. The summed E-state index contributed by atoms with van der Waals surface area (Å²) in [5.41, 5.74) is 0. The Morgan fingerprint density at radius 2 is 1.79 bits per heavy atom. The van der Waals surface area contributed by atoms with Gasteiger partial charge < -0.3 is 4.74 Å². The lowest BCUT2D eigenvalue weighted by Gasteiger charge is -2.02. The molecule has 14 heavy (non-hydrogen) atoms. The number of ether oxygens (including phenoxy) is 1. The van der Waals surface area contributed by atoms with Gasteiger partial charge in [-0.2, -0.15) is 0 Å². The summed E-state index contributed by atoms with van der Waals surface area (Å²) in [7, 11) is 0. The van der Waals surface area contributed by atoms with Crippen molar-refractivity contribution in [1.82, 2.24) is 0 Å². The number of fused-ring (bicyclic) bond motifs is 1. The van der Waals surface area contributed by atoms with Crippen LogP contribution in [0.15, 0.2) is 42.5 Å². The number of benzene rings is 2. The molecule has 0 radical (unpaired) electrons. The molecule has 0 N–H and O–H groups in total. The van der Waals surface area contributed by atoms with E-state index in [4.69, 9.17) is 4.74 Å². The van der Waals surface area contributed by atoms with E-state index in [2.05, 4.69) is 0 Å². The molecule has 2 rings (SSSR count). The molecule has 0 spiro atoms. The predicted octanol–water partition coefficient (Wildman–Crippen LogP) is 2.77. The van der Waals surface area contributed by atoms with Crippen molar-refractivity contribution in [2.45, 2.75) is 6.92 Å². The largest absolute Gasteiger partial charge is 0.427 e. The Bertz CT molecular complexity index is 474. The fourth-order valence-corrected chi connectivity index (χ4v) is 1.40. The van der Waals surface area contributed by atoms with E-state index < -0.39 is 0 Å². The Balaban J connectivity index is 2.46. The molecule has 0 saturated carbocycles. The maximum atomic E-state index is 10.7. The Labute approximate surface area is 82.1 Å². The Kier molecular flexibility index (Phi) is 2.19. The molecule has 2 aromatic carbocycles. The van der Waals surface area contributed by atoms with E-state index >= 15 is 0 Å². The summed E-state index contributed by atoms with van der Waals surface area (Å²) in [6.07, 6.45) is 0. The topological polar surface area (TPSA) is 26.3 Å². The van der Waals surface area contributed by atoms with Crippen molar-refractivity contribution in [3.63, 3.8) is 0 Å². The molecule has 0 aromatic heterocycles. The highest BCUT2D eigenvalue weighted by Crippen LogP contribution is 2.20. The lowest BCUT2D eigenvalue weighted by atomic mass is 10.1. The molecule has 2 heteroatoms. The third-order valence-electron chi connectivity index (χ3n) is 1.98. The number of hydrogen-bond acceptors (Lipinski definition) is 2. The van der Waals surface area contributed by atoms with Gasteiger partial charge in [0.2, 0.25) is 0 Å². The lowest BCUT2D eigenvalue weighted by Crippen LogP contribution is -2.00. The van der Waals surface area contributed by atoms with Crippen LogP contribution >= 0.6 is 0 Å². The van der Waals surface area contributed by atoms with Crippen molar-refractivity contribution in [1.29, 1.82) is 0 Å². The van der Waals surface area contributed by atoms with Gasteiger partial charge in [0.1, 0.15) is 5.75 Å². The number of rotatable bonds is 1. The van der Waals surface area contributed by atoms with Crippen LogP contribution in [0.2, 0.25) is 0 Å². The van der Waals surface area contributed by atoms with E-state index in [0.717, 1.165) is 10.8 Å². The molecule has 0 aliphatic heterocycles. The third kappa shape index (κ3) is 1.74. The first-order valence-corrected chi connectivity index (χ1v) is 4.43. The SMILES string of the molecule is CC(=O)Oc1ccc2ccccc2c1. The van der Waals surface area contributed by atoms with E-state index in [1.807, 2.05) is 36.4 Å². The van der Waals surface area contributed by atoms with Crippen LogP contribution < -0.4 is 4.74 Å². The van der Waals surface area contributed by atoms with Crippen LogP contribution in [0.3, 0.4) is 0 Å². The highest BCUT2D eigenvalue weighted by atomic mass is 16.5. The van der Waals surface area contributed by atoms with Gasteiger partial charge in [-0.3, -0.25) is 4.79 Å². The van der Waals surface area contributed by atoms with Gasteiger partial charge in [0.15, 0.2) is 0 Å². The molecule has 2 aromatic rings. The van der Waals surface area contributed by atoms with E-state index in [0.29, 0.717) is 5.75 Å². The van der Waals surface area contributed by atoms with Crippen molar-refractivity contribution in [2.24, 2.45) is 0 Å². The quantitative estimate of drug-likeness (QED) is 0.505. The van der Waals surface area contributed by atoms with E-state index in [-0.39, 0.29) is 5.97 Å². The summed E-state index contributed by atoms with van der Waals surface area (Å²) in [5, 5.41) is 2.22. The first kappa shape index (κ1) is 8.75. The normalized spacial score (nSPS) is 10.1. The molecule has 2 nitrogen and oxygen atoms in total. The second-order valence-electron chi connectivity index (χ2n) is 3.10. The van der Waals surface area contributed by atoms with Gasteiger partial charge in [-0.25, -0.2) is 0 Å². The number of esters is 1. The minimum Gasteiger partial charge on any atom is -0.427 e. The zero-order chi connectivity index (χ0) is 9.97. The van der Waals surface area contributed by atoms with Crippen LogP contribution in [0.1, 0.15) is 6.92 Å². The van der Waals surface area contributed by atoms with Gasteiger partial charge in [-0.15, -0.1) is 0 Å². The van der Waals surface area contributed by atoms with E-state index in [1.54, 1.807) is 6.07 Å². The van der Waals surface area contributed by atoms with Crippen LogP contribution in [-0.2, 0) is 4.79 Å². The van der Waals surface area contributed by atoms with Crippen molar-refractivity contribution < 1.29 is 9.53 Å². The molecule has 0 fully saturated rings. The molecule has 70 valence electrons. The van der Waals surface area contributed by atoms with Crippen LogP contribution in [0.5, 0.6) is 5.75 Å². The monoisotopic (exact) mass is 186 g/mol. The standard InChI is InChI=1S/C12H10O2/c1-9(13)14-12-7-6-10-4-2-3-5-11(10)8-12/h2-8H,1H3. The van der Waals surface area contributed by atoms with Crippen molar-refractivity contribution >= 4 is 16.7 Å². The van der Waals surface area contributed by atoms with Gasteiger partial charge in [-0.1, -0.05) is 30.3 Å². The third-order valence-corrected chi connectivity index (χ3v) is 1.98. The van der Waals surface area contributed by atoms with Crippen molar-refractivity contribution in [3.05, 3.63) is 42.5 Å². The van der Waals surface area contributed by atoms with Crippen LogP contribution in [-0.4, -0.2) is 5.97 Å². The number of carbonyl (C=O) groups excluding carboxylic acids is 1. The Morgan fingerprint density at radius 3 is 2.50 bits per heavy atom. The minimum atomic E-state index is -0.291. The summed E-state index contributed by atoms with van der Waals surface area (Å²) in [6, 6.07) is 13.5. The lowest BCUT2D eigenvalue weighted by molar-refractivity contribution is -0.131. The molecule has 0 heterocycles. The number of hydrogen-bond donors (Lipinski definition) is 0. The maximum absolute atomic E-state index is 10.7. The number of carbonyl (C=O) groups is 1. The van der Waals surface area contributed by atoms with Crippen molar-refractivity contribution in [3.8, 4) is 5.75 Å².